The average Bonchev–Trinajstić information content (AvgIpc) is 2.44. The number of rotatable bonds is 5. The standard InChI is InChI=1S/C16H24N2O2/c1-13-5-3-4-10-18(13)11-14-6-8-15(9-7-14)17-16(19)12-20-2/h6-9,13H,3-5,10-12H2,1-2H3,(H,17,19)/t13-/m1/s1. The van der Waals surface area contributed by atoms with Crippen LogP contribution in [-0.2, 0) is 16.1 Å². The summed E-state index contributed by atoms with van der Waals surface area (Å²) in [7, 11) is 1.52. The van der Waals surface area contributed by atoms with Crippen LogP contribution in [0.3, 0.4) is 0 Å². The highest BCUT2D eigenvalue weighted by Crippen LogP contribution is 2.19. The lowest BCUT2D eigenvalue weighted by molar-refractivity contribution is -0.119. The van der Waals surface area contributed by atoms with E-state index < -0.39 is 0 Å². The first kappa shape index (κ1) is 15.0. The maximum absolute atomic E-state index is 11.4. The molecule has 4 heteroatoms. The van der Waals surface area contributed by atoms with Gasteiger partial charge in [0.05, 0.1) is 0 Å². The van der Waals surface area contributed by atoms with Crippen molar-refractivity contribution in [1.29, 1.82) is 0 Å². The molecule has 2 rings (SSSR count). The molecule has 1 atom stereocenters. The van der Waals surface area contributed by atoms with Crippen molar-refractivity contribution in [2.24, 2.45) is 0 Å². The van der Waals surface area contributed by atoms with E-state index >= 15 is 0 Å². The third-order valence-corrected chi connectivity index (χ3v) is 3.84. The van der Waals surface area contributed by atoms with E-state index in [0.717, 1.165) is 12.2 Å². The Balaban J connectivity index is 1.89. The summed E-state index contributed by atoms with van der Waals surface area (Å²) in [5.74, 6) is -0.120. The Bertz CT molecular complexity index is 431. The average molecular weight is 276 g/mol. The lowest BCUT2D eigenvalue weighted by Gasteiger charge is -2.33. The van der Waals surface area contributed by atoms with E-state index in [4.69, 9.17) is 4.74 Å². The van der Waals surface area contributed by atoms with Gasteiger partial charge < -0.3 is 10.1 Å². The van der Waals surface area contributed by atoms with Gasteiger partial charge in [0.1, 0.15) is 6.61 Å². The van der Waals surface area contributed by atoms with E-state index in [1.165, 1.54) is 38.5 Å². The smallest absolute Gasteiger partial charge is 0.250 e. The molecule has 110 valence electrons. The molecule has 1 aliphatic rings. The molecule has 1 aromatic rings. The Morgan fingerprint density at radius 1 is 1.35 bits per heavy atom. The number of carbonyl (C=O) groups excluding carboxylic acids is 1. The van der Waals surface area contributed by atoms with Gasteiger partial charge in [0.15, 0.2) is 0 Å². The van der Waals surface area contributed by atoms with E-state index in [-0.39, 0.29) is 12.5 Å². The summed E-state index contributed by atoms with van der Waals surface area (Å²) in [6.07, 6.45) is 3.95. The lowest BCUT2D eigenvalue weighted by atomic mass is 10.0. The number of likely N-dealkylation sites (tertiary alicyclic amines) is 1. The first-order chi connectivity index (χ1) is 9.69. The van der Waals surface area contributed by atoms with Crippen LogP contribution in [0.5, 0.6) is 0 Å². The molecule has 20 heavy (non-hydrogen) atoms. The van der Waals surface area contributed by atoms with Crippen molar-refractivity contribution in [3.8, 4) is 0 Å². The van der Waals surface area contributed by atoms with E-state index in [2.05, 4.69) is 29.3 Å². The molecule has 0 unspecified atom stereocenters. The van der Waals surface area contributed by atoms with Crippen molar-refractivity contribution in [3.63, 3.8) is 0 Å². The molecule has 1 aromatic carbocycles. The highest BCUT2D eigenvalue weighted by atomic mass is 16.5. The van der Waals surface area contributed by atoms with Gasteiger partial charge in [-0.2, -0.15) is 0 Å². The second-order valence-corrected chi connectivity index (χ2v) is 5.49. The fraction of sp³-hybridized carbons (Fsp3) is 0.562. The highest BCUT2D eigenvalue weighted by molar-refractivity contribution is 5.91. The van der Waals surface area contributed by atoms with Crippen LogP contribution in [0, 0.1) is 0 Å². The summed E-state index contributed by atoms with van der Waals surface area (Å²) >= 11 is 0. The number of hydrogen-bond donors (Lipinski definition) is 1. The molecule has 1 amide bonds. The number of nitrogens with zero attached hydrogens (tertiary/aromatic N) is 1. The number of hydrogen-bond acceptors (Lipinski definition) is 3. The Hall–Kier alpha value is -1.39. The van der Waals surface area contributed by atoms with Crippen LogP contribution < -0.4 is 5.32 Å². The van der Waals surface area contributed by atoms with E-state index in [1.807, 2.05) is 12.1 Å². The van der Waals surface area contributed by atoms with Crippen LogP contribution in [-0.4, -0.2) is 37.1 Å². The van der Waals surface area contributed by atoms with E-state index in [1.54, 1.807) is 0 Å². The van der Waals surface area contributed by atoms with Gasteiger partial charge in [0.25, 0.3) is 0 Å². The van der Waals surface area contributed by atoms with Gasteiger partial charge in [0.2, 0.25) is 5.91 Å². The van der Waals surface area contributed by atoms with Crippen molar-refractivity contribution in [3.05, 3.63) is 29.8 Å². The molecule has 0 spiro atoms. The lowest BCUT2D eigenvalue weighted by Crippen LogP contribution is -2.36. The van der Waals surface area contributed by atoms with Gasteiger partial charge in [-0.05, 0) is 44.0 Å². The second kappa shape index (κ2) is 7.41. The van der Waals surface area contributed by atoms with Crippen LogP contribution >= 0.6 is 0 Å². The monoisotopic (exact) mass is 276 g/mol. The zero-order valence-corrected chi connectivity index (χ0v) is 12.4. The van der Waals surface area contributed by atoms with Crippen LogP contribution in [0.25, 0.3) is 0 Å². The molecule has 0 saturated carbocycles. The number of amides is 1. The Kier molecular flexibility index (Phi) is 5.56. The second-order valence-electron chi connectivity index (χ2n) is 5.49. The number of anilines is 1. The van der Waals surface area contributed by atoms with Gasteiger partial charge in [-0.15, -0.1) is 0 Å². The van der Waals surface area contributed by atoms with E-state index in [0.29, 0.717) is 6.04 Å². The molecule has 1 heterocycles. The predicted octanol–water partition coefficient (Wildman–Crippen LogP) is 2.65. The van der Waals surface area contributed by atoms with Gasteiger partial charge in [-0.3, -0.25) is 9.69 Å². The third-order valence-electron chi connectivity index (χ3n) is 3.84. The number of methoxy groups -OCH3 is 1. The van der Waals surface area contributed by atoms with Crippen molar-refractivity contribution >= 4 is 11.6 Å². The summed E-state index contributed by atoms with van der Waals surface area (Å²) in [5.41, 5.74) is 2.12. The molecular formula is C16H24N2O2. The van der Waals surface area contributed by atoms with Gasteiger partial charge in [-0.1, -0.05) is 18.6 Å². The van der Waals surface area contributed by atoms with E-state index in [9.17, 15) is 4.79 Å². The molecular weight excluding hydrogens is 252 g/mol. The largest absolute Gasteiger partial charge is 0.375 e. The van der Waals surface area contributed by atoms with Gasteiger partial charge >= 0.3 is 0 Å². The van der Waals surface area contributed by atoms with Crippen LogP contribution in [0.4, 0.5) is 5.69 Å². The fourth-order valence-electron chi connectivity index (χ4n) is 2.65. The summed E-state index contributed by atoms with van der Waals surface area (Å²) in [5, 5.41) is 2.80. The number of nitrogens with one attached hydrogen (secondary N) is 1. The summed E-state index contributed by atoms with van der Waals surface area (Å²) < 4.78 is 4.79. The summed E-state index contributed by atoms with van der Waals surface area (Å²) in [6, 6.07) is 8.76. The van der Waals surface area contributed by atoms with Crippen LogP contribution in [0.15, 0.2) is 24.3 Å². The quantitative estimate of drug-likeness (QED) is 0.899. The predicted molar refractivity (Wildman–Crippen MR) is 80.7 cm³/mol. The fourth-order valence-corrected chi connectivity index (χ4v) is 2.65. The third kappa shape index (κ3) is 4.32. The molecule has 1 aliphatic heterocycles. The first-order valence-electron chi connectivity index (χ1n) is 7.31. The molecule has 4 nitrogen and oxygen atoms in total. The van der Waals surface area contributed by atoms with Crippen molar-refractivity contribution in [2.45, 2.75) is 38.8 Å². The molecule has 1 fully saturated rings. The summed E-state index contributed by atoms with van der Waals surface area (Å²) in [4.78, 5) is 13.9. The summed E-state index contributed by atoms with van der Waals surface area (Å²) in [6.45, 7) is 4.58. The zero-order chi connectivity index (χ0) is 14.4. The van der Waals surface area contributed by atoms with Crippen molar-refractivity contribution in [1.82, 2.24) is 4.90 Å². The normalized spacial score (nSPS) is 19.8. The minimum absolute atomic E-state index is 0.0903. The maximum atomic E-state index is 11.4. The maximum Gasteiger partial charge on any atom is 0.250 e. The van der Waals surface area contributed by atoms with Crippen molar-refractivity contribution < 1.29 is 9.53 Å². The van der Waals surface area contributed by atoms with Crippen LogP contribution in [0.2, 0.25) is 0 Å². The topological polar surface area (TPSA) is 41.6 Å². The zero-order valence-electron chi connectivity index (χ0n) is 12.4. The highest BCUT2D eigenvalue weighted by Gasteiger charge is 2.17. The van der Waals surface area contributed by atoms with Crippen molar-refractivity contribution in [2.75, 3.05) is 25.6 Å². The number of ether oxygens (including phenoxy) is 1. The molecule has 0 aliphatic carbocycles. The molecule has 0 radical (unpaired) electrons. The molecule has 1 saturated heterocycles. The minimum atomic E-state index is -0.120. The van der Waals surface area contributed by atoms with Gasteiger partial charge in [0, 0.05) is 25.4 Å². The van der Waals surface area contributed by atoms with Crippen LogP contribution in [0.1, 0.15) is 31.7 Å². The number of carbonyl (C=O) groups is 1. The number of benzene rings is 1. The Labute approximate surface area is 121 Å². The molecule has 0 aromatic heterocycles. The minimum Gasteiger partial charge on any atom is -0.375 e. The number of piperidine rings is 1. The Morgan fingerprint density at radius 3 is 2.75 bits per heavy atom. The molecule has 0 bridgehead atoms. The Morgan fingerprint density at radius 2 is 2.10 bits per heavy atom. The SMILES string of the molecule is COCC(=O)Nc1ccc(CN2CCCC[C@H]2C)cc1. The first-order valence-corrected chi connectivity index (χ1v) is 7.31. The van der Waals surface area contributed by atoms with Gasteiger partial charge in [-0.25, -0.2) is 0 Å². The molecule has 1 N–H and O–H groups in total.